The van der Waals surface area contributed by atoms with Crippen molar-refractivity contribution in [3.63, 3.8) is 0 Å². The summed E-state index contributed by atoms with van der Waals surface area (Å²) < 4.78 is 6.78. The van der Waals surface area contributed by atoms with Crippen LogP contribution in [-0.2, 0) is 11.3 Å². The van der Waals surface area contributed by atoms with Crippen LogP contribution in [0.4, 0.5) is 5.69 Å². The van der Waals surface area contributed by atoms with E-state index in [1.54, 1.807) is 24.3 Å². The lowest BCUT2D eigenvalue weighted by atomic mass is 10.1. The van der Waals surface area contributed by atoms with E-state index in [4.69, 9.17) is 4.52 Å². The van der Waals surface area contributed by atoms with Gasteiger partial charge < -0.3 is 9.84 Å². The zero-order valence-electron chi connectivity index (χ0n) is 15.3. The average Bonchev–Trinajstić information content (AvgIpc) is 3.14. The van der Waals surface area contributed by atoms with Crippen LogP contribution in [0.5, 0.6) is 0 Å². The molecule has 2 aromatic carbocycles. The smallest absolute Gasteiger partial charge is 0.261 e. The van der Waals surface area contributed by atoms with Crippen molar-refractivity contribution in [2.75, 3.05) is 5.32 Å². The van der Waals surface area contributed by atoms with Crippen LogP contribution in [0.25, 0.3) is 22.4 Å². The molecule has 0 saturated heterocycles. The molecule has 0 fully saturated rings. The predicted molar refractivity (Wildman–Crippen MR) is 104 cm³/mol. The second-order valence-electron chi connectivity index (χ2n) is 6.42. The Morgan fingerprint density at radius 1 is 1.21 bits per heavy atom. The quantitative estimate of drug-likeness (QED) is 0.588. The van der Waals surface area contributed by atoms with Gasteiger partial charge in [0, 0.05) is 18.2 Å². The number of amides is 1. The highest BCUT2D eigenvalue weighted by atomic mass is 16.5. The highest BCUT2D eigenvalue weighted by molar-refractivity contribution is 5.90. The summed E-state index contributed by atoms with van der Waals surface area (Å²) in [6, 6.07) is 12.6. The molecule has 0 spiro atoms. The van der Waals surface area contributed by atoms with Gasteiger partial charge in [-0.1, -0.05) is 23.4 Å². The van der Waals surface area contributed by atoms with Crippen molar-refractivity contribution >= 4 is 22.5 Å². The number of hydrogen-bond acceptors (Lipinski definition) is 6. The fourth-order valence-corrected chi connectivity index (χ4v) is 2.89. The Morgan fingerprint density at radius 2 is 2.04 bits per heavy atom. The van der Waals surface area contributed by atoms with Gasteiger partial charge in [0.25, 0.3) is 11.4 Å². The molecule has 4 rings (SSSR count). The third-order valence-corrected chi connectivity index (χ3v) is 4.31. The van der Waals surface area contributed by atoms with Crippen LogP contribution in [-0.4, -0.2) is 25.6 Å². The van der Waals surface area contributed by atoms with Crippen LogP contribution in [0, 0.1) is 6.92 Å². The first-order valence-electron chi connectivity index (χ1n) is 8.66. The van der Waals surface area contributed by atoms with E-state index in [2.05, 4.69) is 20.4 Å². The number of benzene rings is 2. The number of para-hydroxylation sites is 1. The van der Waals surface area contributed by atoms with Gasteiger partial charge in [-0.2, -0.15) is 4.98 Å². The Hall–Kier alpha value is -3.81. The fourth-order valence-electron chi connectivity index (χ4n) is 2.89. The average molecular weight is 375 g/mol. The van der Waals surface area contributed by atoms with E-state index in [1.165, 1.54) is 17.8 Å². The lowest BCUT2D eigenvalue weighted by Gasteiger charge is -2.07. The van der Waals surface area contributed by atoms with Crippen molar-refractivity contribution in [3.8, 4) is 11.5 Å². The highest BCUT2D eigenvalue weighted by Gasteiger charge is 2.13. The summed E-state index contributed by atoms with van der Waals surface area (Å²) in [5.41, 5.74) is 2.76. The number of nitrogens with one attached hydrogen (secondary N) is 1. The molecule has 0 aliphatic heterocycles. The van der Waals surface area contributed by atoms with Crippen molar-refractivity contribution in [1.82, 2.24) is 19.7 Å². The second kappa shape index (κ2) is 7.07. The van der Waals surface area contributed by atoms with Crippen LogP contribution < -0.4 is 10.9 Å². The molecular formula is C20H17N5O3. The molecule has 0 bridgehead atoms. The van der Waals surface area contributed by atoms with Crippen molar-refractivity contribution in [3.05, 3.63) is 70.5 Å². The Labute approximate surface area is 159 Å². The molecule has 8 heteroatoms. The topological polar surface area (TPSA) is 103 Å². The third kappa shape index (κ3) is 3.39. The number of carbonyl (C=O) groups excluding carboxylic acids is 1. The van der Waals surface area contributed by atoms with E-state index in [0.29, 0.717) is 33.9 Å². The minimum atomic E-state index is -0.166. The number of aromatic nitrogens is 4. The normalized spacial score (nSPS) is 10.9. The monoisotopic (exact) mass is 375 g/mol. The van der Waals surface area contributed by atoms with E-state index >= 15 is 0 Å². The molecule has 8 nitrogen and oxygen atoms in total. The molecule has 4 aromatic rings. The van der Waals surface area contributed by atoms with Crippen LogP contribution in [0.2, 0.25) is 0 Å². The molecule has 2 heterocycles. The third-order valence-electron chi connectivity index (χ3n) is 4.31. The van der Waals surface area contributed by atoms with Crippen LogP contribution in [0.15, 0.2) is 58.1 Å². The number of aryl methyl sites for hydroxylation is 1. The van der Waals surface area contributed by atoms with Crippen LogP contribution >= 0.6 is 0 Å². The molecule has 0 radical (unpaired) electrons. The highest BCUT2D eigenvalue weighted by Crippen LogP contribution is 2.24. The molecular weight excluding hydrogens is 358 g/mol. The lowest BCUT2D eigenvalue weighted by molar-refractivity contribution is -0.114. The van der Waals surface area contributed by atoms with Crippen LogP contribution in [0.3, 0.4) is 0 Å². The number of hydrogen-bond donors (Lipinski definition) is 1. The summed E-state index contributed by atoms with van der Waals surface area (Å²) >= 11 is 0. The Balaban J connectivity index is 1.63. The van der Waals surface area contributed by atoms with E-state index in [9.17, 15) is 9.59 Å². The lowest BCUT2D eigenvalue weighted by Crippen LogP contribution is -2.21. The summed E-state index contributed by atoms with van der Waals surface area (Å²) in [5, 5.41) is 7.27. The molecule has 0 aliphatic rings. The van der Waals surface area contributed by atoms with Gasteiger partial charge in [-0.05, 0) is 36.8 Å². The molecule has 2 aromatic heterocycles. The number of rotatable bonds is 4. The van der Waals surface area contributed by atoms with E-state index in [-0.39, 0.29) is 18.0 Å². The van der Waals surface area contributed by atoms with E-state index in [0.717, 1.165) is 5.56 Å². The summed E-state index contributed by atoms with van der Waals surface area (Å²) in [6.45, 7) is 3.49. The first-order valence-corrected chi connectivity index (χ1v) is 8.66. The molecule has 0 atom stereocenters. The van der Waals surface area contributed by atoms with E-state index in [1.807, 2.05) is 25.1 Å². The van der Waals surface area contributed by atoms with Crippen molar-refractivity contribution in [2.24, 2.45) is 0 Å². The van der Waals surface area contributed by atoms with Crippen molar-refractivity contribution in [2.45, 2.75) is 20.4 Å². The summed E-state index contributed by atoms with van der Waals surface area (Å²) in [5.74, 6) is 0.508. The second-order valence-corrected chi connectivity index (χ2v) is 6.42. The van der Waals surface area contributed by atoms with Crippen molar-refractivity contribution < 1.29 is 9.32 Å². The van der Waals surface area contributed by atoms with E-state index < -0.39 is 0 Å². The Bertz CT molecular complexity index is 1240. The van der Waals surface area contributed by atoms with Gasteiger partial charge in [-0.25, -0.2) is 4.98 Å². The molecule has 0 aliphatic carbocycles. The summed E-state index contributed by atoms with van der Waals surface area (Å²) in [7, 11) is 0. The first kappa shape index (κ1) is 17.6. The number of carbonyl (C=O) groups is 1. The standard InChI is InChI=1S/C20H17N5O3/c1-12-7-8-14(9-17(12)22-13(2)26)19-23-18(24-28-19)10-25-11-21-16-6-4-3-5-15(16)20(25)27/h3-9,11H,10H2,1-2H3,(H,22,26). The molecule has 28 heavy (non-hydrogen) atoms. The van der Waals surface area contributed by atoms with Gasteiger partial charge in [-0.3, -0.25) is 14.2 Å². The number of anilines is 1. The first-order chi connectivity index (χ1) is 13.5. The molecule has 0 unspecified atom stereocenters. The fraction of sp³-hybridized carbons (Fsp3) is 0.150. The maximum atomic E-state index is 12.6. The largest absolute Gasteiger partial charge is 0.334 e. The predicted octanol–water partition coefficient (Wildman–Crippen LogP) is 2.76. The van der Waals surface area contributed by atoms with Crippen LogP contribution in [0.1, 0.15) is 18.3 Å². The maximum Gasteiger partial charge on any atom is 0.261 e. The summed E-state index contributed by atoms with van der Waals surface area (Å²) in [4.78, 5) is 32.6. The van der Waals surface area contributed by atoms with Gasteiger partial charge in [-0.15, -0.1) is 0 Å². The van der Waals surface area contributed by atoms with Gasteiger partial charge in [0.05, 0.1) is 23.8 Å². The zero-order chi connectivity index (χ0) is 19.7. The van der Waals surface area contributed by atoms with Gasteiger partial charge >= 0.3 is 0 Å². The number of nitrogens with zero attached hydrogens (tertiary/aromatic N) is 4. The molecule has 0 saturated carbocycles. The minimum absolute atomic E-state index is 0.143. The SMILES string of the molecule is CC(=O)Nc1cc(-c2nc(Cn3cnc4ccccc4c3=O)no2)ccc1C. The van der Waals surface area contributed by atoms with Crippen molar-refractivity contribution in [1.29, 1.82) is 0 Å². The summed E-state index contributed by atoms with van der Waals surface area (Å²) in [6.07, 6.45) is 1.47. The number of fused-ring (bicyclic) bond motifs is 1. The Morgan fingerprint density at radius 3 is 2.86 bits per heavy atom. The molecule has 1 N–H and O–H groups in total. The molecule has 140 valence electrons. The maximum absolute atomic E-state index is 12.6. The minimum Gasteiger partial charge on any atom is -0.334 e. The van der Waals surface area contributed by atoms with Gasteiger partial charge in [0.2, 0.25) is 5.91 Å². The zero-order valence-corrected chi connectivity index (χ0v) is 15.3. The van der Waals surface area contributed by atoms with Gasteiger partial charge in [0.1, 0.15) is 0 Å². The van der Waals surface area contributed by atoms with Gasteiger partial charge in [0.15, 0.2) is 5.82 Å². The Kier molecular flexibility index (Phi) is 4.44. The molecule has 1 amide bonds.